The first-order valence-corrected chi connectivity index (χ1v) is 10.9. The van der Waals surface area contributed by atoms with E-state index in [1.54, 1.807) is 16.7 Å². The van der Waals surface area contributed by atoms with Crippen molar-refractivity contribution in [2.75, 3.05) is 36.8 Å². The number of carboxylic acids is 1. The minimum absolute atomic E-state index is 0.0114. The largest absolute Gasteiger partial charge is 0.477 e. The number of ether oxygens (including phenoxy) is 1. The summed E-state index contributed by atoms with van der Waals surface area (Å²) in [5.41, 5.74) is 5.95. The van der Waals surface area contributed by atoms with Gasteiger partial charge >= 0.3 is 5.97 Å². The molecule has 8 nitrogen and oxygen atoms in total. The highest BCUT2D eigenvalue weighted by Crippen LogP contribution is 2.46. The fraction of sp³-hybridized carbons (Fsp3) is 0.478. The molecule has 0 radical (unpaired) electrons. The minimum atomic E-state index is -1.35. The second kappa shape index (κ2) is 7.23. The maximum atomic E-state index is 15.5. The third-order valence-electron chi connectivity index (χ3n) is 7.19. The molecular formula is C23H27FN4O4. The molecule has 170 valence electrons. The summed E-state index contributed by atoms with van der Waals surface area (Å²) in [5.74, 6) is -0.393. The van der Waals surface area contributed by atoms with Crippen LogP contribution in [-0.2, 0) is 0 Å². The maximum Gasteiger partial charge on any atom is 0.341 e. The van der Waals surface area contributed by atoms with Gasteiger partial charge in [0.25, 0.3) is 0 Å². The zero-order valence-electron chi connectivity index (χ0n) is 18.3. The van der Waals surface area contributed by atoms with Gasteiger partial charge in [0.05, 0.1) is 5.39 Å². The van der Waals surface area contributed by atoms with Crippen LogP contribution in [0.15, 0.2) is 29.2 Å². The van der Waals surface area contributed by atoms with Crippen molar-refractivity contribution in [3.05, 3.63) is 46.0 Å². The number of carboxylic acid groups (broad SMARTS) is 1. The van der Waals surface area contributed by atoms with Gasteiger partial charge < -0.3 is 20.5 Å². The van der Waals surface area contributed by atoms with Gasteiger partial charge in [-0.15, -0.1) is 0 Å². The molecule has 3 aliphatic rings. The predicted molar refractivity (Wildman–Crippen MR) is 119 cm³/mol. The molecule has 4 atom stereocenters. The van der Waals surface area contributed by atoms with Crippen molar-refractivity contribution in [3.8, 4) is 5.75 Å². The van der Waals surface area contributed by atoms with Crippen molar-refractivity contribution in [3.63, 3.8) is 0 Å². The summed E-state index contributed by atoms with van der Waals surface area (Å²) < 4.78 is 23.0. The predicted octanol–water partition coefficient (Wildman–Crippen LogP) is 1.98. The molecule has 9 heteroatoms. The quantitative estimate of drug-likeness (QED) is 0.701. The Morgan fingerprint density at radius 3 is 2.69 bits per heavy atom. The molecule has 1 aliphatic carbocycles. The second-order valence-electron chi connectivity index (χ2n) is 9.40. The number of anilines is 1. The molecule has 4 unspecified atom stereocenters. The number of hydrogen-bond donors (Lipinski definition) is 2. The Kier molecular flexibility index (Phi) is 4.70. The highest BCUT2D eigenvalue weighted by atomic mass is 19.1. The van der Waals surface area contributed by atoms with E-state index in [2.05, 4.69) is 26.0 Å². The molecule has 1 saturated heterocycles. The lowest BCUT2D eigenvalue weighted by Crippen LogP contribution is -2.40. The van der Waals surface area contributed by atoms with Gasteiger partial charge in [-0.2, -0.15) is 0 Å². The molecule has 0 amide bonds. The van der Waals surface area contributed by atoms with Gasteiger partial charge in [-0.05, 0) is 23.8 Å². The standard InChI is InChI=1S/C23H27FN4O4/c1-11(2)12-4-5-18(25)15-8-27(7-14(12)15)20-17(24)6-13-19-22(20)32-10-26(3)28(19)9-16(21(13)29)23(30)31/h4-6,9,11-12,14-15,18H,7-8,10,25H2,1-3H3,(H,30,31). The van der Waals surface area contributed by atoms with Crippen LogP contribution in [0.3, 0.4) is 0 Å². The first-order valence-electron chi connectivity index (χ1n) is 10.9. The number of aromatic nitrogens is 1. The van der Waals surface area contributed by atoms with Crippen molar-refractivity contribution in [2.24, 2.45) is 29.4 Å². The molecule has 3 N–H and O–H groups in total. The van der Waals surface area contributed by atoms with E-state index in [-0.39, 0.29) is 29.8 Å². The van der Waals surface area contributed by atoms with Gasteiger partial charge in [0.1, 0.15) is 16.8 Å². The lowest BCUT2D eigenvalue weighted by atomic mass is 9.71. The Morgan fingerprint density at radius 1 is 1.28 bits per heavy atom. The number of fused-ring (bicyclic) bond motifs is 1. The normalized spacial score (nSPS) is 26.6. The maximum absolute atomic E-state index is 15.5. The fourth-order valence-electron chi connectivity index (χ4n) is 5.58. The third-order valence-corrected chi connectivity index (χ3v) is 7.19. The number of aromatic carboxylic acids is 1. The van der Waals surface area contributed by atoms with E-state index in [1.807, 2.05) is 4.90 Å². The number of halogens is 1. The first kappa shape index (κ1) is 20.8. The van der Waals surface area contributed by atoms with E-state index in [0.29, 0.717) is 42.0 Å². The molecule has 0 saturated carbocycles. The number of allylic oxidation sites excluding steroid dienone is 1. The van der Waals surface area contributed by atoms with E-state index in [0.717, 1.165) is 6.07 Å². The Bertz CT molecular complexity index is 1210. The molecule has 1 aromatic heterocycles. The number of hydrogen-bond acceptors (Lipinski definition) is 6. The van der Waals surface area contributed by atoms with Crippen molar-refractivity contribution >= 4 is 22.6 Å². The van der Waals surface area contributed by atoms with Crippen LogP contribution in [0.5, 0.6) is 5.75 Å². The van der Waals surface area contributed by atoms with Crippen LogP contribution in [0.25, 0.3) is 10.9 Å². The molecule has 0 bridgehead atoms. The minimum Gasteiger partial charge on any atom is -0.477 e. The lowest BCUT2D eigenvalue weighted by Gasteiger charge is -2.34. The second-order valence-corrected chi connectivity index (χ2v) is 9.40. The van der Waals surface area contributed by atoms with Crippen LogP contribution in [0.4, 0.5) is 10.1 Å². The number of rotatable bonds is 3. The molecule has 3 heterocycles. The van der Waals surface area contributed by atoms with Gasteiger partial charge in [0.2, 0.25) is 5.43 Å². The molecular weight excluding hydrogens is 415 g/mol. The summed E-state index contributed by atoms with van der Waals surface area (Å²) in [4.78, 5) is 26.4. The van der Waals surface area contributed by atoms with E-state index in [1.165, 1.54) is 6.20 Å². The Morgan fingerprint density at radius 2 is 2.00 bits per heavy atom. The highest BCUT2D eigenvalue weighted by molar-refractivity contribution is 5.97. The van der Waals surface area contributed by atoms with Crippen LogP contribution < -0.4 is 25.8 Å². The Labute approximate surface area is 184 Å². The summed E-state index contributed by atoms with van der Waals surface area (Å²) in [5, 5.41) is 11.1. The summed E-state index contributed by atoms with van der Waals surface area (Å²) >= 11 is 0. The van der Waals surface area contributed by atoms with Crippen molar-refractivity contribution in [1.29, 1.82) is 0 Å². The number of nitrogens with zero attached hydrogens (tertiary/aromatic N) is 3. The van der Waals surface area contributed by atoms with Crippen molar-refractivity contribution in [2.45, 2.75) is 19.9 Å². The van der Waals surface area contributed by atoms with Crippen LogP contribution in [0.1, 0.15) is 24.2 Å². The van der Waals surface area contributed by atoms with Gasteiger partial charge in [0.15, 0.2) is 18.3 Å². The van der Waals surface area contributed by atoms with E-state index < -0.39 is 22.8 Å². The molecule has 0 spiro atoms. The van der Waals surface area contributed by atoms with Crippen LogP contribution >= 0.6 is 0 Å². The number of nitrogens with two attached hydrogens (primary N) is 1. The highest BCUT2D eigenvalue weighted by Gasteiger charge is 2.44. The fourth-order valence-corrected chi connectivity index (χ4v) is 5.58. The monoisotopic (exact) mass is 442 g/mol. The summed E-state index contributed by atoms with van der Waals surface area (Å²) in [7, 11) is 1.71. The first-order chi connectivity index (χ1) is 15.2. The summed E-state index contributed by atoms with van der Waals surface area (Å²) in [6.07, 6.45) is 5.53. The molecule has 1 aromatic carbocycles. The van der Waals surface area contributed by atoms with Gasteiger partial charge in [-0.1, -0.05) is 26.0 Å². The van der Waals surface area contributed by atoms with E-state index in [4.69, 9.17) is 10.5 Å². The zero-order valence-corrected chi connectivity index (χ0v) is 18.3. The summed E-state index contributed by atoms with van der Waals surface area (Å²) in [6, 6.07) is 1.05. The number of pyridine rings is 1. The number of carbonyl (C=O) groups is 1. The van der Waals surface area contributed by atoms with Gasteiger partial charge in [0, 0.05) is 38.3 Å². The van der Waals surface area contributed by atoms with Crippen LogP contribution in [0, 0.1) is 29.5 Å². The third kappa shape index (κ3) is 2.91. The molecule has 32 heavy (non-hydrogen) atoms. The Hall–Kier alpha value is -3.07. The number of benzene rings is 1. The SMILES string of the molecule is CC(C)C1C=CC(N)C2CN(c3c(F)cc4c(=O)c(C(=O)O)cn5c4c3OCN5C)CC12. The average molecular weight is 442 g/mol. The van der Waals surface area contributed by atoms with Gasteiger partial charge in [-0.3, -0.25) is 14.5 Å². The molecule has 5 rings (SSSR count). The average Bonchev–Trinajstić information content (AvgIpc) is 3.17. The van der Waals surface area contributed by atoms with E-state index in [9.17, 15) is 14.7 Å². The zero-order chi connectivity index (χ0) is 22.9. The smallest absolute Gasteiger partial charge is 0.341 e. The van der Waals surface area contributed by atoms with Gasteiger partial charge in [-0.25, -0.2) is 9.18 Å². The van der Waals surface area contributed by atoms with Crippen LogP contribution in [-0.4, -0.2) is 48.7 Å². The topological polar surface area (TPSA) is 101 Å². The molecule has 1 fully saturated rings. The van der Waals surface area contributed by atoms with E-state index >= 15 is 4.39 Å². The van der Waals surface area contributed by atoms with Crippen LogP contribution in [0.2, 0.25) is 0 Å². The molecule has 2 aromatic rings. The summed E-state index contributed by atoms with van der Waals surface area (Å²) in [6.45, 7) is 5.69. The molecule has 2 aliphatic heterocycles. The van der Waals surface area contributed by atoms with Crippen molar-refractivity contribution in [1.82, 2.24) is 4.68 Å². The lowest BCUT2D eigenvalue weighted by molar-refractivity contribution is 0.0694. The van der Waals surface area contributed by atoms with Crippen molar-refractivity contribution < 1.29 is 19.0 Å². The Balaban J connectivity index is 1.67.